The highest BCUT2D eigenvalue weighted by Gasteiger charge is 2.14. The molecule has 0 spiro atoms. The zero-order valence-corrected chi connectivity index (χ0v) is 10.1. The van der Waals surface area contributed by atoms with E-state index in [1.807, 2.05) is 30.3 Å². The van der Waals surface area contributed by atoms with Gasteiger partial charge in [-0.15, -0.1) is 0 Å². The molecular formula is C13H15N3O2. The number of aromatic amines is 1. The third kappa shape index (κ3) is 2.88. The fraction of sp³-hybridized carbons (Fsp3) is 0.231. The van der Waals surface area contributed by atoms with Crippen LogP contribution in [0.4, 0.5) is 5.82 Å². The number of carbonyl (C=O) groups excluding carboxylic acids is 1. The number of H-pyrrole nitrogens is 1. The van der Waals surface area contributed by atoms with Crippen LogP contribution in [0.15, 0.2) is 36.5 Å². The highest BCUT2D eigenvalue weighted by molar-refractivity contribution is 5.94. The molecule has 2 aromatic rings. The van der Waals surface area contributed by atoms with Crippen molar-refractivity contribution in [1.29, 1.82) is 0 Å². The number of ether oxygens (including phenoxy) is 1. The van der Waals surface area contributed by atoms with E-state index in [-0.39, 0.29) is 5.97 Å². The topological polar surface area (TPSA) is 67.0 Å². The second-order valence-electron chi connectivity index (χ2n) is 3.71. The largest absolute Gasteiger partial charge is 0.462 e. The van der Waals surface area contributed by atoms with Gasteiger partial charge in [0, 0.05) is 12.7 Å². The van der Waals surface area contributed by atoms with Crippen molar-refractivity contribution in [3.05, 3.63) is 47.7 Å². The summed E-state index contributed by atoms with van der Waals surface area (Å²) in [6.07, 6.45) is 1.53. The molecule has 5 heteroatoms. The minimum absolute atomic E-state index is 0.349. The van der Waals surface area contributed by atoms with Gasteiger partial charge in [-0.05, 0) is 12.5 Å². The number of hydrogen-bond donors (Lipinski definition) is 2. The van der Waals surface area contributed by atoms with E-state index >= 15 is 0 Å². The number of nitrogens with one attached hydrogen (secondary N) is 2. The highest BCUT2D eigenvalue weighted by Crippen LogP contribution is 2.13. The Hall–Kier alpha value is -2.30. The summed E-state index contributed by atoms with van der Waals surface area (Å²) in [5, 5.41) is 9.76. The molecule has 0 amide bonds. The van der Waals surface area contributed by atoms with Crippen LogP contribution in [-0.4, -0.2) is 22.8 Å². The third-order valence-corrected chi connectivity index (χ3v) is 2.44. The van der Waals surface area contributed by atoms with E-state index in [1.165, 1.54) is 6.20 Å². The number of anilines is 1. The molecule has 2 rings (SSSR count). The summed E-state index contributed by atoms with van der Waals surface area (Å²) in [6, 6.07) is 9.90. The quantitative estimate of drug-likeness (QED) is 0.792. The van der Waals surface area contributed by atoms with Crippen LogP contribution in [0.3, 0.4) is 0 Å². The molecule has 0 radical (unpaired) electrons. The Labute approximate surface area is 105 Å². The monoisotopic (exact) mass is 245 g/mol. The molecule has 1 aromatic heterocycles. The maximum atomic E-state index is 11.6. The predicted molar refractivity (Wildman–Crippen MR) is 68.3 cm³/mol. The van der Waals surface area contributed by atoms with Gasteiger partial charge >= 0.3 is 5.97 Å². The highest BCUT2D eigenvalue weighted by atomic mass is 16.5. The molecule has 2 N–H and O–H groups in total. The van der Waals surface area contributed by atoms with Gasteiger partial charge in [0.2, 0.25) is 0 Å². The van der Waals surface area contributed by atoms with Crippen LogP contribution < -0.4 is 5.32 Å². The lowest BCUT2D eigenvalue weighted by molar-refractivity contribution is 0.0527. The smallest absolute Gasteiger partial charge is 0.343 e. The van der Waals surface area contributed by atoms with Gasteiger partial charge in [0.1, 0.15) is 5.56 Å². The number of rotatable bonds is 5. The first kappa shape index (κ1) is 12.2. The van der Waals surface area contributed by atoms with Crippen LogP contribution in [0.25, 0.3) is 0 Å². The molecule has 94 valence electrons. The lowest BCUT2D eigenvalue weighted by Gasteiger charge is -2.05. The average molecular weight is 245 g/mol. The normalized spacial score (nSPS) is 10.1. The van der Waals surface area contributed by atoms with Crippen LogP contribution in [0, 0.1) is 0 Å². The fourth-order valence-electron chi connectivity index (χ4n) is 1.57. The minimum atomic E-state index is -0.373. The minimum Gasteiger partial charge on any atom is -0.462 e. The van der Waals surface area contributed by atoms with E-state index in [9.17, 15) is 4.79 Å². The van der Waals surface area contributed by atoms with E-state index < -0.39 is 0 Å². The molecule has 0 saturated carbocycles. The molecular weight excluding hydrogens is 230 g/mol. The van der Waals surface area contributed by atoms with Crippen molar-refractivity contribution in [3.8, 4) is 0 Å². The van der Waals surface area contributed by atoms with Crippen molar-refractivity contribution in [2.24, 2.45) is 0 Å². The molecule has 18 heavy (non-hydrogen) atoms. The van der Waals surface area contributed by atoms with Gasteiger partial charge in [-0.2, -0.15) is 5.10 Å². The second-order valence-corrected chi connectivity index (χ2v) is 3.71. The molecule has 0 unspecified atom stereocenters. The number of esters is 1. The average Bonchev–Trinajstić information content (AvgIpc) is 2.86. The zero-order valence-electron chi connectivity index (χ0n) is 10.1. The van der Waals surface area contributed by atoms with E-state index in [4.69, 9.17) is 4.74 Å². The van der Waals surface area contributed by atoms with Gasteiger partial charge in [0.25, 0.3) is 0 Å². The summed E-state index contributed by atoms with van der Waals surface area (Å²) in [4.78, 5) is 11.6. The number of hydrogen-bond acceptors (Lipinski definition) is 4. The Kier molecular flexibility index (Phi) is 3.96. The van der Waals surface area contributed by atoms with Crippen LogP contribution in [0.2, 0.25) is 0 Å². The van der Waals surface area contributed by atoms with Gasteiger partial charge in [-0.3, -0.25) is 5.10 Å². The standard InChI is InChI=1S/C13H15N3O2/c1-2-18-13(17)11-9-15-16-12(11)14-8-10-6-4-3-5-7-10/h3-7,9H,2,8H2,1H3,(H2,14,15,16). The molecule has 0 saturated heterocycles. The predicted octanol–water partition coefficient (Wildman–Crippen LogP) is 2.20. The second kappa shape index (κ2) is 5.86. The molecule has 0 fully saturated rings. The zero-order chi connectivity index (χ0) is 12.8. The van der Waals surface area contributed by atoms with Crippen molar-refractivity contribution >= 4 is 11.8 Å². The Balaban J connectivity index is 2.02. The molecule has 1 aromatic carbocycles. The Morgan fingerprint density at radius 3 is 2.89 bits per heavy atom. The van der Waals surface area contributed by atoms with E-state index in [1.54, 1.807) is 6.92 Å². The summed E-state index contributed by atoms with van der Waals surface area (Å²) >= 11 is 0. The maximum absolute atomic E-state index is 11.6. The van der Waals surface area contributed by atoms with Gasteiger partial charge < -0.3 is 10.1 Å². The molecule has 1 heterocycles. The lowest BCUT2D eigenvalue weighted by atomic mass is 10.2. The van der Waals surface area contributed by atoms with E-state index in [0.29, 0.717) is 24.5 Å². The van der Waals surface area contributed by atoms with E-state index in [2.05, 4.69) is 15.5 Å². The Morgan fingerprint density at radius 1 is 1.39 bits per heavy atom. The molecule has 0 atom stereocenters. The van der Waals surface area contributed by atoms with Crippen LogP contribution in [-0.2, 0) is 11.3 Å². The summed E-state index contributed by atoms with van der Waals surface area (Å²) in [7, 11) is 0. The van der Waals surface area contributed by atoms with Gasteiger partial charge in [-0.25, -0.2) is 4.79 Å². The van der Waals surface area contributed by atoms with Gasteiger partial charge in [0.15, 0.2) is 5.82 Å². The maximum Gasteiger partial charge on any atom is 0.343 e. The molecule has 5 nitrogen and oxygen atoms in total. The van der Waals surface area contributed by atoms with Crippen molar-refractivity contribution in [2.75, 3.05) is 11.9 Å². The van der Waals surface area contributed by atoms with Crippen molar-refractivity contribution in [3.63, 3.8) is 0 Å². The Morgan fingerprint density at radius 2 is 2.17 bits per heavy atom. The van der Waals surface area contributed by atoms with Crippen LogP contribution in [0.1, 0.15) is 22.8 Å². The van der Waals surface area contributed by atoms with Crippen LogP contribution >= 0.6 is 0 Å². The summed E-state index contributed by atoms with van der Waals surface area (Å²) in [5.41, 5.74) is 1.54. The summed E-state index contributed by atoms with van der Waals surface area (Å²) in [6.45, 7) is 2.73. The Bertz CT molecular complexity index is 508. The summed E-state index contributed by atoms with van der Waals surface area (Å²) in [5.74, 6) is 0.138. The molecule has 0 aliphatic rings. The SMILES string of the molecule is CCOC(=O)c1c[nH]nc1NCc1ccccc1. The van der Waals surface area contributed by atoms with Crippen molar-refractivity contribution < 1.29 is 9.53 Å². The number of aromatic nitrogens is 2. The first-order valence-electron chi connectivity index (χ1n) is 5.80. The lowest BCUT2D eigenvalue weighted by Crippen LogP contribution is -2.08. The van der Waals surface area contributed by atoms with E-state index in [0.717, 1.165) is 5.56 Å². The molecule has 0 bridgehead atoms. The third-order valence-electron chi connectivity index (χ3n) is 2.44. The first-order valence-corrected chi connectivity index (χ1v) is 5.80. The van der Waals surface area contributed by atoms with Gasteiger partial charge in [0.05, 0.1) is 6.61 Å². The molecule has 0 aliphatic heterocycles. The first-order chi connectivity index (χ1) is 8.81. The van der Waals surface area contributed by atoms with Crippen LogP contribution in [0.5, 0.6) is 0 Å². The number of nitrogens with zero attached hydrogens (tertiary/aromatic N) is 1. The van der Waals surface area contributed by atoms with Crippen molar-refractivity contribution in [1.82, 2.24) is 10.2 Å². The number of carbonyl (C=O) groups is 1. The molecule has 0 aliphatic carbocycles. The summed E-state index contributed by atoms with van der Waals surface area (Å²) < 4.78 is 4.94. The fourth-order valence-corrected chi connectivity index (χ4v) is 1.57. The van der Waals surface area contributed by atoms with Gasteiger partial charge in [-0.1, -0.05) is 30.3 Å². The number of benzene rings is 1. The van der Waals surface area contributed by atoms with Crippen molar-refractivity contribution in [2.45, 2.75) is 13.5 Å².